The van der Waals surface area contributed by atoms with Gasteiger partial charge >= 0.3 is 0 Å². The van der Waals surface area contributed by atoms with Crippen molar-refractivity contribution in [2.45, 2.75) is 19.8 Å². The first kappa shape index (κ1) is 17.6. The number of hydrogen-bond donors (Lipinski definition) is 4. The molecule has 0 radical (unpaired) electrons. The van der Waals surface area contributed by atoms with Crippen LogP contribution in [0.15, 0.2) is 29.1 Å². The summed E-state index contributed by atoms with van der Waals surface area (Å²) in [5.41, 5.74) is 1.85. The van der Waals surface area contributed by atoms with Gasteiger partial charge in [0, 0.05) is 36.0 Å². The maximum absolute atomic E-state index is 12.1. The number of carbonyl (C=O) groups excluding carboxylic acids is 2. The summed E-state index contributed by atoms with van der Waals surface area (Å²) in [6.07, 6.45) is 0.424. The van der Waals surface area contributed by atoms with Crippen LogP contribution in [-0.2, 0) is 11.2 Å². The smallest absolute Gasteiger partial charge is 0.255 e. The van der Waals surface area contributed by atoms with Gasteiger partial charge in [0.05, 0.1) is 0 Å². The first-order valence-electron chi connectivity index (χ1n) is 7.34. The van der Waals surface area contributed by atoms with Crippen molar-refractivity contribution in [3.8, 4) is 0 Å². The molecule has 0 atom stereocenters. The van der Waals surface area contributed by atoms with Gasteiger partial charge in [0.15, 0.2) is 4.77 Å². The zero-order chi connectivity index (χ0) is 17.7. The van der Waals surface area contributed by atoms with Gasteiger partial charge in [-0.05, 0) is 43.8 Å². The number of aromatic nitrogens is 2. The molecule has 0 aliphatic rings. The van der Waals surface area contributed by atoms with Crippen LogP contribution in [0.5, 0.6) is 0 Å². The van der Waals surface area contributed by atoms with Gasteiger partial charge in [-0.3, -0.25) is 19.4 Å². The first-order chi connectivity index (χ1) is 11.4. The van der Waals surface area contributed by atoms with Gasteiger partial charge in [-0.25, -0.2) is 0 Å². The zero-order valence-corrected chi connectivity index (χ0v) is 14.2. The molecule has 4 N–H and O–H groups in total. The lowest BCUT2D eigenvalue weighted by Crippen LogP contribution is -2.20. The number of H-pyrrole nitrogens is 2. The molecule has 24 heavy (non-hydrogen) atoms. The molecule has 2 rings (SSSR count). The second-order valence-corrected chi connectivity index (χ2v) is 5.63. The van der Waals surface area contributed by atoms with E-state index >= 15 is 0 Å². The molecule has 0 unspecified atom stereocenters. The Morgan fingerprint density at radius 1 is 1.25 bits per heavy atom. The second kappa shape index (κ2) is 7.69. The summed E-state index contributed by atoms with van der Waals surface area (Å²) >= 11 is 4.89. The molecule has 7 nitrogen and oxygen atoms in total. The summed E-state index contributed by atoms with van der Waals surface area (Å²) < 4.78 is 0.261. The van der Waals surface area contributed by atoms with E-state index < -0.39 is 0 Å². The topological polar surface area (TPSA) is 107 Å². The standard InChI is InChI=1S/C16H18N4O3S/c1-9-12(15(23)20-16(24)18-9)6-7-13(21)19-11-5-3-4-10(8-11)14(22)17-2/h3-5,8H,6-7H2,1-2H3,(H,17,22)(H,19,21)(H2,18,20,23,24). The number of amides is 2. The Morgan fingerprint density at radius 3 is 2.67 bits per heavy atom. The summed E-state index contributed by atoms with van der Waals surface area (Å²) in [7, 11) is 1.54. The Kier molecular flexibility index (Phi) is 5.64. The molecule has 0 saturated carbocycles. The molecule has 0 aliphatic heterocycles. The summed E-state index contributed by atoms with van der Waals surface area (Å²) in [5.74, 6) is -0.474. The Balaban J connectivity index is 2.03. The van der Waals surface area contributed by atoms with Crippen molar-refractivity contribution in [1.29, 1.82) is 0 Å². The summed E-state index contributed by atoms with van der Waals surface area (Å²) in [5, 5.41) is 5.24. The highest BCUT2D eigenvalue weighted by Crippen LogP contribution is 2.11. The maximum Gasteiger partial charge on any atom is 0.255 e. The van der Waals surface area contributed by atoms with E-state index in [1.807, 2.05) is 0 Å². The average Bonchev–Trinajstić information content (AvgIpc) is 2.53. The van der Waals surface area contributed by atoms with Crippen molar-refractivity contribution in [3.05, 3.63) is 56.2 Å². The quantitative estimate of drug-likeness (QED) is 0.618. The van der Waals surface area contributed by atoms with E-state index in [2.05, 4.69) is 20.6 Å². The highest BCUT2D eigenvalue weighted by atomic mass is 32.1. The predicted molar refractivity (Wildman–Crippen MR) is 93.8 cm³/mol. The van der Waals surface area contributed by atoms with Crippen LogP contribution in [-0.4, -0.2) is 28.8 Å². The van der Waals surface area contributed by atoms with E-state index in [1.165, 1.54) is 0 Å². The third kappa shape index (κ3) is 4.39. The number of rotatable bonds is 5. The second-order valence-electron chi connectivity index (χ2n) is 5.22. The number of carbonyl (C=O) groups is 2. The largest absolute Gasteiger partial charge is 0.355 e. The van der Waals surface area contributed by atoms with Crippen molar-refractivity contribution in [2.75, 3.05) is 12.4 Å². The highest BCUT2D eigenvalue weighted by molar-refractivity contribution is 7.71. The lowest BCUT2D eigenvalue weighted by molar-refractivity contribution is -0.116. The van der Waals surface area contributed by atoms with Crippen LogP contribution in [0, 0.1) is 11.7 Å². The normalized spacial score (nSPS) is 10.2. The summed E-state index contributed by atoms with van der Waals surface area (Å²) in [4.78, 5) is 40.9. The number of hydrogen-bond acceptors (Lipinski definition) is 4. The van der Waals surface area contributed by atoms with Gasteiger partial charge in [0.2, 0.25) is 5.91 Å². The van der Waals surface area contributed by atoms with E-state index in [1.54, 1.807) is 38.2 Å². The molecule has 8 heteroatoms. The van der Waals surface area contributed by atoms with Crippen LogP contribution < -0.4 is 16.2 Å². The van der Waals surface area contributed by atoms with Crippen LogP contribution in [0.25, 0.3) is 0 Å². The van der Waals surface area contributed by atoms with E-state index in [0.29, 0.717) is 22.5 Å². The highest BCUT2D eigenvalue weighted by Gasteiger charge is 2.10. The number of nitrogens with one attached hydrogen (secondary N) is 4. The fourth-order valence-corrected chi connectivity index (χ4v) is 2.52. The van der Waals surface area contributed by atoms with Gasteiger partial charge in [-0.15, -0.1) is 0 Å². The molecule has 1 aromatic heterocycles. The van der Waals surface area contributed by atoms with Crippen molar-refractivity contribution in [2.24, 2.45) is 0 Å². The van der Waals surface area contributed by atoms with Gasteiger partial charge in [-0.1, -0.05) is 6.07 Å². The molecule has 0 bridgehead atoms. The van der Waals surface area contributed by atoms with Crippen LogP contribution in [0.3, 0.4) is 0 Å². The molecule has 0 fully saturated rings. The Bertz CT molecular complexity index is 885. The lowest BCUT2D eigenvalue weighted by atomic mass is 10.1. The Labute approximate surface area is 143 Å². The zero-order valence-electron chi connectivity index (χ0n) is 13.4. The SMILES string of the molecule is CNC(=O)c1cccc(NC(=O)CCc2c(C)[nH]c(=S)[nH]c2=O)c1. The van der Waals surface area contributed by atoms with Crippen molar-refractivity contribution >= 4 is 29.7 Å². The van der Waals surface area contributed by atoms with E-state index in [0.717, 1.165) is 0 Å². The number of benzene rings is 1. The molecular formula is C16H18N4O3S. The molecule has 126 valence electrons. The molecule has 1 aromatic carbocycles. The molecule has 2 amide bonds. The van der Waals surface area contributed by atoms with Crippen molar-refractivity contribution < 1.29 is 9.59 Å². The maximum atomic E-state index is 12.1. The molecule has 0 saturated heterocycles. The minimum Gasteiger partial charge on any atom is -0.355 e. The lowest BCUT2D eigenvalue weighted by Gasteiger charge is -2.08. The predicted octanol–water partition coefficient (Wildman–Crippen LogP) is 1.67. The fraction of sp³-hybridized carbons (Fsp3) is 0.250. The van der Waals surface area contributed by atoms with E-state index in [4.69, 9.17) is 12.2 Å². The van der Waals surface area contributed by atoms with Gasteiger partial charge in [0.1, 0.15) is 0 Å². The summed E-state index contributed by atoms with van der Waals surface area (Å²) in [6.45, 7) is 1.74. The first-order valence-corrected chi connectivity index (χ1v) is 7.75. The van der Waals surface area contributed by atoms with Crippen LogP contribution in [0.1, 0.15) is 28.0 Å². The summed E-state index contributed by atoms with van der Waals surface area (Å²) in [6, 6.07) is 6.63. The van der Waals surface area contributed by atoms with Gasteiger partial charge in [-0.2, -0.15) is 0 Å². The number of aryl methyl sites for hydroxylation is 1. The Morgan fingerprint density at radius 2 is 2.00 bits per heavy atom. The molecule has 2 aromatic rings. The molecule has 0 aliphatic carbocycles. The van der Waals surface area contributed by atoms with Crippen LogP contribution in [0.4, 0.5) is 5.69 Å². The minimum absolute atomic E-state index is 0.138. The Hall–Kier alpha value is -2.74. The third-order valence-electron chi connectivity index (χ3n) is 3.49. The monoisotopic (exact) mass is 346 g/mol. The fourth-order valence-electron chi connectivity index (χ4n) is 2.27. The van der Waals surface area contributed by atoms with Gasteiger partial charge in [0.25, 0.3) is 11.5 Å². The van der Waals surface area contributed by atoms with Gasteiger partial charge < -0.3 is 15.6 Å². The number of aromatic amines is 2. The molecular weight excluding hydrogens is 328 g/mol. The van der Waals surface area contributed by atoms with E-state index in [-0.39, 0.29) is 35.0 Å². The van der Waals surface area contributed by atoms with Crippen molar-refractivity contribution in [3.63, 3.8) is 0 Å². The van der Waals surface area contributed by atoms with Crippen LogP contribution >= 0.6 is 12.2 Å². The average molecular weight is 346 g/mol. The molecule has 0 spiro atoms. The van der Waals surface area contributed by atoms with E-state index in [9.17, 15) is 14.4 Å². The number of anilines is 1. The molecule has 1 heterocycles. The van der Waals surface area contributed by atoms with Crippen molar-refractivity contribution in [1.82, 2.24) is 15.3 Å². The van der Waals surface area contributed by atoms with Crippen LogP contribution in [0.2, 0.25) is 0 Å². The third-order valence-corrected chi connectivity index (χ3v) is 3.70. The minimum atomic E-state index is -0.286.